The van der Waals surface area contributed by atoms with E-state index in [1.807, 2.05) is 30.8 Å². The summed E-state index contributed by atoms with van der Waals surface area (Å²) in [5, 5.41) is 7.52. The molecule has 2 aliphatic carbocycles. The third kappa shape index (κ3) is 3.42. The fourth-order valence-electron chi connectivity index (χ4n) is 5.19. The molecule has 1 spiro atoms. The van der Waals surface area contributed by atoms with Crippen molar-refractivity contribution in [1.29, 1.82) is 0 Å². The second-order valence-electron chi connectivity index (χ2n) is 9.76. The second kappa shape index (κ2) is 7.26. The first kappa shape index (κ1) is 20.1. The number of pyridine rings is 1. The first-order valence-corrected chi connectivity index (χ1v) is 11.6. The van der Waals surface area contributed by atoms with Gasteiger partial charge in [-0.05, 0) is 62.5 Å². The zero-order valence-corrected chi connectivity index (χ0v) is 19.2. The Kier molecular flexibility index (Phi) is 4.43. The SMILES string of the molecule is Cc1cc(-c2cnn(C)c2)ncc1Nc1ncc2c(n1)n(C1CCC3(CC1)CC3)c(=O)n2C. The van der Waals surface area contributed by atoms with Gasteiger partial charge in [0.15, 0.2) is 5.65 Å². The van der Waals surface area contributed by atoms with E-state index in [2.05, 4.69) is 20.4 Å². The molecule has 2 saturated carbocycles. The maximum absolute atomic E-state index is 13.1. The lowest BCUT2D eigenvalue weighted by atomic mass is 9.83. The molecule has 33 heavy (non-hydrogen) atoms. The summed E-state index contributed by atoms with van der Waals surface area (Å²) in [5.74, 6) is 0.468. The van der Waals surface area contributed by atoms with Gasteiger partial charge in [0.1, 0.15) is 5.52 Å². The van der Waals surface area contributed by atoms with Gasteiger partial charge in [0.05, 0.1) is 30.0 Å². The Morgan fingerprint density at radius 1 is 1.06 bits per heavy atom. The Balaban J connectivity index is 1.31. The Morgan fingerprint density at radius 2 is 1.85 bits per heavy atom. The van der Waals surface area contributed by atoms with Gasteiger partial charge in [-0.1, -0.05) is 0 Å². The number of nitrogens with zero attached hydrogens (tertiary/aromatic N) is 7. The zero-order chi connectivity index (χ0) is 22.7. The van der Waals surface area contributed by atoms with Crippen molar-refractivity contribution in [1.82, 2.24) is 33.9 Å². The molecule has 9 nitrogen and oxygen atoms in total. The van der Waals surface area contributed by atoms with Crippen LogP contribution in [0.15, 0.2) is 35.6 Å². The molecule has 0 aromatic carbocycles. The van der Waals surface area contributed by atoms with Crippen molar-refractivity contribution < 1.29 is 0 Å². The largest absolute Gasteiger partial charge is 0.330 e. The number of fused-ring (bicyclic) bond motifs is 1. The van der Waals surface area contributed by atoms with Gasteiger partial charge in [-0.2, -0.15) is 10.1 Å². The van der Waals surface area contributed by atoms with Gasteiger partial charge in [0, 0.05) is 31.9 Å². The third-order valence-electron chi connectivity index (χ3n) is 7.53. The lowest BCUT2D eigenvalue weighted by Crippen LogP contribution is -2.29. The number of aryl methyl sites for hydroxylation is 3. The van der Waals surface area contributed by atoms with Crippen LogP contribution in [0.4, 0.5) is 11.6 Å². The van der Waals surface area contributed by atoms with E-state index in [0.717, 1.165) is 40.9 Å². The molecule has 0 aliphatic heterocycles. The van der Waals surface area contributed by atoms with E-state index in [-0.39, 0.29) is 11.7 Å². The Labute approximate surface area is 191 Å². The van der Waals surface area contributed by atoms with Crippen LogP contribution in [0.2, 0.25) is 0 Å². The number of imidazole rings is 1. The van der Waals surface area contributed by atoms with Gasteiger partial charge in [0.25, 0.3) is 0 Å². The third-order valence-corrected chi connectivity index (χ3v) is 7.53. The lowest BCUT2D eigenvalue weighted by molar-refractivity contribution is 0.256. The molecule has 4 aromatic heterocycles. The monoisotopic (exact) mass is 444 g/mol. The number of nitrogens with one attached hydrogen (secondary N) is 1. The fourth-order valence-corrected chi connectivity index (χ4v) is 5.19. The van der Waals surface area contributed by atoms with E-state index in [1.165, 1.54) is 25.7 Å². The number of hydrogen-bond donors (Lipinski definition) is 1. The summed E-state index contributed by atoms with van der Waals surface area (Å²) in [6.45, 7) is 2.02. The van der Waals surface area contributed by atoms with Crippen molar-refractivity contribution >= 4 is 22.8 Å². The van der Waals surface area contributed by atoms with E-state index in [4.69, 9.17) is 4.98 Å². The molecular weight excluding hydrogens is 416 g/mol. The summed E-state index contributed by atoms with van der Waals surface area (Å²) in [5.41, 5.74) is 5.74. The van der Waals surface area contributed by atoms with Crippen molar-refractivity contribution in [2.45, 2.75) is 51.5 Å². The maximum atomic E-state index is 13.1. The molecule has 0 bridgehead atoms. The van der Waals surface area contributed by atoms with Crippen LogP contribution >= 0.6 is 0 Å². The zero-order valence-electron chi connectivity index (χ0n) is 19.2. The summed E-state index contributed by atoms with van der Waals surface area (Å²) in [7, 11) is 3.69. The van der Waals surface area contributed by atoms with Gasteiger partial charge in [-0.25, -0.2) is 9.78 Å². The summed E-state index contributed by atoms with van der Waals surface area (Å²) in [6, 6.07) is 2.23. The van der Waals surface area contributed by atoms with E-state index in [1.54, 1.807) is 34.9 Å². The minimum atomic E-state index is -0.00753. The van der Waals surface area contributed by atoms with Crippen molar-refractivity contribution in [3.8, 4) is 11.3 Å². The van der Waals surface area contributed by atoms with Gasteiger partial charge in [-0.3, -0.25) is 18.8 Å². The number of aromatic nitrogens is 7. The number of anilines is 2. The summed E-state index contributed by atoms with van der Waals surface area (Å²) in [4.78, 5) is 26.9. The predicted molar refractivity (Wildman–Crippen MR) is 126 cm³/mol. The van der Waals surface area contributed by atoms with Crippen LogP contribution in [0.1, 0.15) is 50.1 Å². The molecule has 0 saturated heterocycles. The van der Waals surface area contributed by atoms with Gasteiger partial charge >= 0.3 is 5.69 Å². The number of rotatable bonds is 4. The van der Waals surface area contributed by atoms with Crippen LogP contribution in [0, 0.1) is 12.3 Å². The average Bonchev–Trinajstić information content (AvgIpc) is 3.34. The maximum Gasteiger partial charge on any atom is 0.330 e. The van der Waals surface area contributed by atoms with Crippen molar-refractivity contribution in [3.05, 3.63) is 46.9 Å². The predicted octanol–water partition coefficient (Wildman–Crippen LogP) is 3.87. The first-order valence-electron chi connectivity index (χ1n) is 11.6. The van der Waals surface area contributed by atoms with Crippen LogP contribution in [0.5, 0.6) is 0 Å². The van der Waals surface area contributed by atoms with Crippen LogP contribution in [0.3, 0.4) is 0 Å². The summed E-state index contributed by atoms with van der Waals surface area (Å²) >= 11 is 0. The van der Waals surface area contributed by atoms with Crippen molar-refractivity contribution in [3.63, 3.8) is 0 Å². The van der Waals surface area contributed by atoms with Crippen LogP contribution in [-0.4, -0.2) is 33.9 Å². The Morgan fingerprint density at radius 3 is 2.52 bits per heavy atom. The molecular formula is C24H28N8O. The smallest absolute Gasteiger partial charge is 0.323 e. The molecule has 4 heterocycles. The first-order chi connectivity index (χ1) is 15.9. The Hall–Kier alpha value is -3.49. The lowest BCUT2D eigenvalue weighted by Gasteiger charge is -2.28. The highest BCUT2D eigenvalue weighted by Gasteiger charge is 2.45. The minimum Gasteiger partial charge on any atom is -0.323 e. The molecule has 2 fully saturated rings. The van der Waals surface area contributed by atoms with E-state index in [0.29, 0.717) is 17.0 Å². The molecule has 2 aliphatic rings. The molecule has 9 heteroatoms. The van der Waals surface area contributed by atoms with Crippen molar-refractivity contribution in [2.75, 3.05) is 5.32 Å². The molecule has 0 amide bonds. The molecule has 6 rings (SSSR count). The minimum absolute atomic E-state index is 0.00753. The molecule has 1 N–H and O–H groups in total. The fraction of sp³-hybridized carbons (Fsp3) is 0.458. The van der Waals surface area contributed by atoms with E-state index >= 15 is 0 Å². The highest BCUT2D eigenvalue weighted by atomic mass is 16.1. The second-order valence-corrected chi connectivity index (χ2v) is 9.76. The van der Waals surface area contributed by atoms with Crippen LogP contribution in [-0.2, 0) is 14.1 Å². The molecule has 0 unspecified atom stereocenters. The quantitative estimate of drug-likeness (QED) is 0.513. The average molecular weight is 445 g/mol. The van der Waals surface area contributed by atoms with Crippen LogP contribution in [0.25, 0.3) is 22.4 Å². The topological polar surface area (TPSA) is 95.5 Å². The summed E-state index contributed by atoms with van der Waals surface area (Å²) < 4.78 is 5.32. The normalized spacial score (nSPS) is 17.7. The van der Waals surface area contributed by atoms with Gasteiger partial charge in [-0.15, -0.1) is 0 Å². The standard InChI is InChI=1S/C24H28N8O/c1-15-10-18(16-11-27-30(2)14-16)25-12-19(15)28-22-26-13-20-21(29-22)32(23(33)31(20)3)17-4-6-24(7-5-17)8-9-24/h10-14,17H,4-9H2,1-3H3,(H,26,28,29). The molecule has 0 atom stereocenters. The Bertz CT molecular complexity index is 1410. The van der Waals surface area contributed by atoms with E-state index in [9.17, 15) is 4.79 Å². The van der Waals surface area contributed by atoms with Crippen molar-refractivity contribution in [2.24, 2.45) is 19.5 Å². The molecule has 0 radical (unpaired) electrons. The highest BCUT2D eigenvalue weighted by Crippen LogP contribution is 2.57. The van der Waals surface area contributed by atoms with Crippen LogP contribution < -0.4 is 11.0 Å². The summed E-state index contributed by atoms with van der Waals surface area (Å²) in [6.07, 6.45) is 14.5. The van der Waals surface area contributed by atoms with Gasteiger partial charge in [0.2, 0.25) is 5.95 Å². The molecule has 4 aromatic rings. The van der Waals surface area contributed by atoms with Gasteiger partial charge < -0.3 is 5.32 Å². The van der Waals surface area contributed by atoms with E-state index < -0.39 is 0 Å². The molecule has 170 valence electrons. The number of hydrogen-bond acceptors (Lipinski definition) is 6. The highest BCUT2D eigenvalue weighted by molar-refractivity contribution is 5.73.